The summed E-state index contributed by atoms with van der Waals surface area (Å²) in [6, 6.07) is 7.98. The third-order valence-corrected chi connectivity index (χ3v) is 3.41. The highest BCUT2D eigenvalue weighted by molar-refractivity contribution is 5.87. The molecule has 0 radical (unpaired) electrons. The van der Waals surface area contributed by atoms with Gasteiger partial charge in [0, 0.05) is 0 Å². The number of hydrogen-bond acceptors (Lipinski definition) is 4. The van der Waals surface area contributed by atoms with Crippen LogP contribution in [-0.4, -0.2) is 36.0 Å². The molecule has 1 rings (SSSR count). The maximum Gasteiger partial charge on any atom is 0.408 e. The minimum atomic E-state index is -0.784. The van der Waals surface area contributed by atoms with Gasteiger partial charge in [-0.3, -0.25) is 4.79 Å². The normalized spacial score (nSPS) is 13.7. The van der Waals surface area contributed by atoms with Crippen molar-refractivity contribution in [3.63, 3.8) is 0 Å². The molecule has 0 aliphatic heterocycles. The van der Waals surface area contributed by atoms with E-state index >= 15 is 0 Å². The lowest BCUT2D eigenvalue weighted by Gasteiger charge is -2.26. The average molecular weight is 348 g/mol. The summed E-state index contributed by atoms with van der Waals surface area (Å²) in [6.45, 7) is 8.88. The lowest BCUT2D eigenvalue weighted by Crippen LogP contribution is -2.53. The molecule has 2 amide bonds. The van der Waals surface area contributed by atoms with Crippen LogP contribution in [0.25, 0.3) is 0 Å². The molecule has 1 aromatic rings. The van der Waals surface area contributed by atoms with Crippen LogP contribution in [0, 0.1) is 5.92 Å². The molecule has 6 heteroatoms. The highest BCUT2D eigenvalue weighted by Gasteiger charge is 2.28. The number of ether oxygens (including phenoxy) is 1. The van der Waals surface area contributed by atoms with Gasteiger partial charge in [-0.15, -0.1) is 0 Å². The van der Waals surface area contributed by atoms with Crippen LogP contribution < -0.4 is 10.6 Å². The zero-order valence-corrected chi connectivity index (χ0v) is 15.5. The fraction of sp³-hybridized carbons (Fsp3) is 0.526. The van der Waals surface area contributed by atoms with Crippen LogP contribution in [0.15, 0.2) is 30.3 Å². The molecular formula is C19H28N2O4. The smallest absolute Gasteiger partial charge is 0.408 e. The second-order valence-electron chi connectivity index (χ2n) is 7.31. The monoisotopic (exact) mass is 348 g/mol. The average Bonchev–Trinajstić information content (AvgIpc) is 2.50. The molecule has 0 aliphatic carbocycles. The molecular weight excluding hydrogens is 320 g/mol. The molecule has 0 aliphatic rings. The van der Waals surface area contributed by atoms with Gasteiger partial charge in [0.15, 0.2) is 0 Å². The van der Waals surface area contributed by atoms with Crippen LogP contribution in [0.5, 0.6) is 0 Å². The lowest BCUT2D eigenvalue weighted by atomic mass is 10.0. The van der Waals surface area contributed by atoms with Crippen molar-refractivity contribution in [2.75, 3.05) is 0 Å². The molecule has 2 atom stereocenters. The third-order valence-electron chi connectivity index (χ3n) is 3.41. The van der Waals surface area contributed by atoms with Gasteiger partial charge in [-0.2, -0.15) is 0 Å². The first kappa shape index (κ1) is 20.7. The van der Waals surface area contributed by atoms with E-state index < -0.39 is 29.7 Å². The van der Waals surface area contributed by atoms with E-state index in [0.717, 1.165) is 5.56 Å². The number of hydrogen-bond donors (Lipinski definition) is 2. The minimum Gasteiger partial charge on any atom is -0.444 e. The van der Waals surface area contributed by atoms with E-state index in [4.69, 9.17) is 4.74 Å². The Morgan fingerprint density at radius 1 is 1.12 bits per heavy atom. The molecule has 0 aromatic heterocycles. The molecule has 6 nitrogen and oxygen atoms in total. The Kier molecular flexibility index (Phi) is 7.61. The van der Waals surface area contributed by atoms with E-state index in [1.807, 2.05) is 44.2 Å². The molecule has 0 saturated carbocycles. The maximum atomic E-state index is 12.5. The van der Waals surface area contributed by atoms with Crippen molar-refractivity contribution in [2.24, 2.45) is 5.92 Å². The van der Waals surface area contributed by atoms with E-state index in [2.05, 4.69) is 10.6 Å². The van der Waals surface area contributed by atoms with Gasteiger partial charge in [0.25, 0.3) is 0 Å². The molecule has 0 spiro atoms. The van der Waals surface area contributed by atoms with Gasteiger partial charge in [-0.25, -0.2) is 4.79 Å². The number of benzene rings is 1. The van der Waals surface area contributed by atoms with Crippen molar-refractivity contribution in [2.45, 2.75) is 58.7 Å². The van der Waals surface area contributed by atoms with E-state index in [-0.39, 0.29) is 5.92 Å². The zero-order chi connectivity index (χ0) is 19.0. The van der Waals surface area contributed by atoms with Crippen molar-refractivity contribution < 1.29 is 19.1 Å². The summed E-state index contributed by atoms with van der Waals surface area (Å²) in [7, 11) is 0. The number of carbonyl (C=O) groups is 3. The van der Waals surface area contributed by atoms with Crippen molar-refractivity contribution in [1.29, 1.82) is 0 Å². The topological polar surface area (TPSA) is 84.5 Å². The Balaban J connectivity index is 2.71. The van der Waals surface area contributed by atoms with E-state index in [1.165, 1.54) is 0 Å². The van der Waals surface area contributed by atoms with Crippen molar-refractivity contribution in [1.82, 2.24) is 10.6 Å². The molecule has 1 aromatic carbocycles. The predicted octanol–water partition coefficient (Wildman–Crippen LogP) is 2.46. The summed E-state index contributed by atoms with van der Waals surface area (Å²) < 4.78 is 5.20. The molecule has 0 bridgehead atoms. The fourth-order valence-corrected chi connectivity index (χ4v) is 2.24. The van der Waals surface area contributed by atoms with Crippen LogP contribution in [0.1, 0.15) is 40.2 Å². The summed E-state index contributed by atoms with van der Waals surface area (Å²) in [5.41, 5.74) is 0.293. The highest BCUT2D eigenvalue weighted by Crippen LogP contribution is 2.09. The Hall–Kier alpha value is -2.37. The SMILES string of the molecule is CC(C)[C@H](NC(=O)OC(C)(C)C)C(=O)N[C@H](C=O)Cc1ccccc1. The number of rotatable bonds is 7. The molecule has 25 heavy (non-hydrogen) atoms. The van der Waals surface area contributed by atoms with Crippen LogP contribution in [0.2, 0.25) is 0 Å². The Morgan fingerprint density at radius 2 is 1.72 bits per heavy atom. The maximum absolute atomic E-state index is 12.5. The Bertz CT molecular complexity index is 579. The molecule has 138 valence electrons. The standard InChI is InChI=1S/C19H28N2O4/c1-13(2)16(21-18(24)25-19(3,4)5)17(23)20-15(12-22)11-14-9-7-6-8-10-14/h6-10,12-13,15-16H,11H2,1-5H3,(H,20,23)(H,21,24)/t15-,16-/m0/s1. The largest absolute Gasteiger partial charge is 0.444 e. The predicted molar refractivity (Wildman–Crippen MR) is 96.1 cm³/mol. The summed E-state index contributed by atoms with van der Waals surface area (Å²) in [5, 5.41) is 5.26. The number of alkyl carbamates (subject to hydrolysis) is 1. The number of carbonyl (C=O) groups excluding carboxylic acids is 3. The van der Waals surface area contributed by atoms with E-state index in [1.54, 1.807) is 20.8 Å². The summed E-state index contributed by atoms with van der Waals surface area (Å²) in [5.74, 6) is -0.564. The number of aldehydes is 1. The van der Waals surface area contributed by atoms with Gasteiger partial charge in [0.2, 0.25) is 5.91 Å². The molecule has 0 fully saturated rings. The number of nitrogens with one attached hydrogen (secondary N) is 2. The van der Waals surface area contributed by atoms with Crippen LogP contribution in [0.4, 0.5) is 4.79 Å². The van der Waals surface area contributed by atoms with Crippen LogP contribution in [-0.2, 0) is 20.7 Å². The van der Waals surface area contributed by atoms with Gasteiger partial charge < -0.3 is 20.2 Å². The first-order valence-corrected chi connectivity index (χ1v) is 8.41. The second kappa shape index (κ2) is 9.20. The summed E-state index contributed by atoms with van der Waals surface area (Å²) in [4.78, 5) is 35.8. The van der Waals surface area contributed by atoms with Gasteiger partial charge in [0.05, 0.1) is 6.04 Å². The molecule has 0 heterocycles. The number of amides is 2. The van der Waals surface area contributed by atoms with Crippen LogP contribution >= 0.6 is 0 Å². The molecule has 0 saturated heterocycles. The second-order valence-corrected chi connectivity index (χ2v) is 7.31. The fourth-order valence-electron chi connectivity index (χ4n) is 2.24. The van der Waals surface area contributed by atoms with Crippen LogP contribution in [0.3, 0.4) is 0 Å². The summed E-state index contributed by atoms with van der Waals surface area (Å²) in [6.07, 6.45) is 0.440. The van der Waals surface area contributed by atoms with E-state index in [9.17, 15) is 14.4 Å². The van der Waals surface area contributed by atoms with Gasteiger partial charge in [-0.1, -0.05) is 44.2 Å². The van der Waals surface area contributed by atoms with Gasteiger partial charge in [0.1, 0.15) is 17.9 Å². The van der Waals surface area contributed by atoms with Gasteiger partial charge in [-0.05, 0) is 38.7 Å². The molecule has 0 unspecified atom stereocenters. The lowest BCUT2D eigenvalue weighted by molar-refractivity contribution is -0.126. The summed E-state index contributed by atoms with van der Waals surface area (Å²) >= 11 is 0. The van der Waals surface area contributed by atoms with E-state index in [0.29, 0.717) is 12.7 Å². The quantitative estimate of drug-likeness (QED) is 0.741. The van der Waals surface area contributed by atoms with Crippen molar-refractivity contribution in [3.8, 4) is 0 Å². The van der Waals surface area contributed by atoms with Gasteiger partial charge >= 0.3 is 6.09 Å². The zero-order valence-electron chi connectivity index (χ0n) is 15.5. The van der Waals surface area contributed by atoms with Crippen molar-refractivity contribution >= 4 is 18.3 Å². The first-order chi connectivity index (χ1) is 11.6. The Morgan fingerprint density at radius 3 is 2.20 bits per heavy atom. The first-order valence-electron chi connectivity index (χ1n) is 8.41. The third kappa shape index (κ3) is 7.83. The molecule has 2 N–H and O–H groups in total. The Labute approximate surface area is 149 Å². The minimum absolute atomic E-state index is 0.156. The van der Waals surface area contributed by atoms with Crippen molar-refractivity contribution in [3.05, 3.63) is 35.9 Å². The highest BCUT2D eigenvalue weighted by atomic mass is 16.6.